The number of unbranched alkanes of at least 4 members (excludes halogenated alkanes) is 1. The van der Waals surface area contributed by atoms with Gasteiger partial charge in [0, 0.05) is 6.07 Å². The Balaban J connectivity index is 2.80. The molecule has 0 bridgehead atoms. The molecule has 0 atom stereocenters. The zero-order valence-electron chi connectivity index (χ0n) is 11.6. The fraction of sp³-hybridized carbons (Fsp3) is 0.500. The SMILES string of the molecule is CCCCOC(=O)C(C)(C)Oc1cc(Cl)c(Cl)cc1Cl. The molecule has 0 unspecified atom stereocenters. The van der Waals surface area contributed by atoms with Crippen LogP contribution in [-0.2, 0) is 9.53 Å². The first-order chi connectivity index (χ1) is 9.27. The van der Waals surface area contributed by atoms with E-state index in [1.807, 2.05) is 6.92 Å². The lowest BCUT2D eigenvalue weighted by atomic mass is 10.1. The van der Waals surface area contributed by atoms with Gasteiger partial charge in [0.15, 0.2) is 5.60 Å². The first-order valence-corrected chi connectivity index (χ1v) is 7.42. The molecule has 0 aliphatic heterocycles. The molecule has 0 fully saturated rings. The lowest BCUT2D eigenvalue weighted by Crippen LogP contribution is -2.40. The van der Waals surface area contributed by atoms with Gasteiger partial charge in [-0.05, 0) is 26.3 Å². The Kier molecular flexibility index (Phi) is 6.44. The predicted octanol–water partition coefficient (Wildman–Crippen LogP) is 5.15. The predicted molar refractivity (Wildman–Crippen MR) is 82.0 cm³/mol. The summed E-state index contributed by atoms with van der Waals surface area (Å²) in [6.07, 6.45) is 1.77. The van der Waals surface area contributed by atoms with Gasteiger partial charge in [-0.25, -0.2) is 4.79 Å². The van der Waals surface area contributed by atoms with Gasteiger partial charge in [-0.1, -0.05) is 48.1 Å². The number of carbonyl (C=O) groups excluding carboxylic acids is 1. The number of hydrogen-bond acceptors (Lipinski definition) is 3. The lowest BCUT2D eigenvalue weighted by Gasteiger charge is -2.25. The van der Waals surface area contributed by atoms with Crippen LogP contribution >= 0.6 is 34.8 Å². The summed E-state index contributed by atoms with van der Waals surface area (Å²) in [4.78, 5) is 12.0. The second-order valence-corrected chi connectivity index (χ2v) is 6.02. The van der Waals surface area contributed by atoms with E-state index in [0.717, 1.165) is 12.8 Å². The van der Waals surface area contributed by atoms with Gasteiger partial charge in [-0.2, -0.15) is 0 Å². The van der Waals surface area contributed by atoms with Gasteiger partial charge in [0.25, 0.3) is 0 Å². The third-order valence-corrected chi connectivity index (χ3v) is 3.58. The molecule has 1 aromatic rings. The van der Waals surface area contributed by atoms with E-state index in [0.29, 0.717) is 22.4 Å². The molecular weight excluding hydrogens is 323 g/mol. The maximum atomic E-state index is 12.0. The fourth-order valence-electron chi connectivity index (χ4n) is 1.38. The van der Waals surface area contributed by atoms with Crippen LogP contribution in [0.2, 0.25) is 15.1 Å². The number of halogens is 3. The molecule has 6 heteroatoms. The summed E-state index contributed by atoms with van der Waals surface area (Å²) in [5.74, 6) is -0.161. The summed E-state index contributed by atoms with van der Waals surface area (Å²) in [5, 5.41) is 0.919. The van der Waals surface area contributed by atoms with Crippen LogP contribution in [0, 0.1) is 0 Å². The van der Waals surface area contributed by atoms with Gasteiger partial charge in [0.1, 0.15) is 5.75 Å². The molecule has 0 radical (unpaired) electrons. The van der Waals surface area contributed by atoms with Crippen LogP contribution < -0.4 is 4.74 Å². The van der Waals surface area contributed by atoms with E-state index in [4.69, 9.17) is 44.3 Å². The zero-order valence-corrected chi connectivity index (χ0v) is 13.9. The molecule has 0 N–H and O–H groups in total. The molecule has 0 spiro atoms. The van der Waals surface area contributed by atoms with Crippen molar-refractivity contribution in [3.8, 4) is 5.75 Å². The van der Waals surface area contributed by atoms with Crippen LogP contribution in [0.5, 0.6) is 5.75 Å². The minimum absolute atomic E-state index is 0.286. The van der Waals surface area contributed by atoms with E-state index in [1.54, 1.807) is 13.8 Å². The van der Waals surface area contributed by atoms with Crippen molar-refractivity contribution in [2.45, 2.75) is 39.2 Å². The quantitative estimate of drug-likeness (QED) is 0.408. The van der Waals surface area contributed by atoms with E-state index < -0.39 is 11.6 Å². The van der Waals surface area contributed by atoms with Gasteiger partial charge < -0.3 is 9.47 Å². The van der Waals surface area contributed by atoms with Crippen molar-refractivity contribution in [2.75, 3.05) is 6.61 Å². The average Bonchev–Trinajstić information content (AvgIpc) is 2.35. The van der Waals surface area contributed by atoms with E-state index in [1.165, 1.54) is 12.1 Å². The van der Waals surface area contributed by atoms with E-state index in [9.17, 15) is 4.79 Å². The largest absolute Gasteiger partial charge is 0.475 e. The van der Waals surface area contributed by atoms with E-state index in [2.05, 4.69) is 0 Å². The summed E-state index contributed by atoms with van der Waals surface area (Å²) < 4.78 is 10.8. The number of carbonyl (C=O) groups is 1. The van der Waals surface area contributed by atoms with Gasteiger partial charge in [0.2, 0.25) is 0 Å². The van der Waals surface area contributed by atoms with Crippen LogP contribution in [-0.4, -0.2) is 18.2 Å². The van der Waals surface area contributed by atoms with Crippen LogP contribution in [0.4, 0.5) is 0 Å². The summed E-state index contributed by atoms with van der Waals surface area (Å²) in [5.41, 5.74) is -1.16. The summed E-state index contributed by atoms with van der Waals surface area (Å²) in [6.45, 7) is 5.61. The summed E-state index contributed by atoms with van der Waals surface area (Å²) in [7, 11) is 0. The van der Waals surface area contributed by atoms with Crippen LogP contribution in [0.1, 0.15) is 33.6 Å². The first kappa shape index (κ1) is 17.4. The van der Waals surface area contributed by atoms with Gasteiger partial charge in [-0.3, -0.25) is 0 Å². The number of esters is 1. The second kappa shape index (κ2) is 7.39. The third-order valence-electron chi connectivity index (χ3n) is 2.56. The maximum Gasteiger partial charge on any atom is 0.349 e. The highest BCUT2D eigenvalue weighted by molar-refractivity contribution is 6.43. The Bertz CT molecular complexity index is 487. The first-order valence-electron chi connectivity index (χ1n) is 6.28. The van der Waals surface area contributed by atoms with Gasteiger partial charge in [-0.15, -0.1) is 0 Å². The minimum Gasteiger partial charge on any atom is -0.475 e. The van der Waals surface area contributed by atoms with Crippen molar-refractivity contribution >= 4 is 40.8 Å². The van der Waals surface area contributed by atoms with E-state index >= 15 is 0 Å². The van der Waals surface area contributed by atoms with Crippen molar-refractivity contribution < 1.29 is 14.3 Å². The molecule has 3 nitrogen and oxygen atoms in total. The number of ether oxygens (including phenoxy) is 2. The highest BCUT2D eigenvalue weighted by Crippen LogP contribution is 2.35. The topological polar surface area (TPSA) is 35.5 Å². The fourth-order valence-corrected chi connectivity index (χ4v) is 1.96. The molecule has 0 aliphatic rings. The normalized spacial score (nSPS) is 11.3. The number of rotatable bonds is 6. The highest BCUT2D eigenvalue weighted by atomic mass is 35.5. The third kappa shape index (κ3) is 4.72. The molecule has 0 saturated carbocycles. The minimum atomic E-state index is -1.16. The van der Waals surface area contributed by atoms with Crippen molar-refractivity contribution in [1.29, 1.82) is 0 Å². The molecule has 0 aliphatic carbocycles. The molecular formula is C14H17Cl3O3. The van der Waals surface area contributed by atoms with Crippen molar-refractivity contribution in [3.63, 3.8) is 0 Å². The summed E-state index contributed by atoms with van der Waals surface area (Å²) >= 11 is 17.8. The Hall–Kier alpha value is -0.640. The molecule has 0 aromatic heterocycles. The summed E-state index contributed by atoms with van der Waals surface area (Å²) in [6, 6.07) is 2.95. The molecule has 1 aromatic carbocycles. The molecule has 112 valence electrons. The Morgan fingerprint density at radius 3 is 2.35 bits per heavy atom. The highest BCUT2D eigenvalue weighted by Gasteiger charge is 2.32. The standard InChI is InChI=1S/C14H17Cl3O3/c1-4-5-6-19-13(18)14(2,3)20-12-8-10(16)9(15)7-11(12)17/h7-8H,4-6H2,1-3H3. The molecule has 1 rings (SSSR count). The Morgan fingerprint density at radius 2 is 1.75 bits per heavy atom. The van der Waals surface area contributed by atoms with Crippen LogP contribution in [0.25, 0.3) is 0 Å². The van der Waals surface area contributed by atoms with Crippen molar-refractivity contribution in [2.24, 2.45) is 0 Å². The molecule has 0 saturated heterocycles. The van der Waals surface area contributed by atoms with Crippen LogP contribution in [0.15, 0.2) is 12.1 Å². The number of benzene rings is 1. The average molecular weight is 340 g/mol. The zero-order chi connectivity index (χ0) is 15.3. The van der Waals surface area contributed by atoms with Crippen LogP contribution in [0.3, 0.4) is 0 Å². The molecule has 0 heterocycles. The Morgan fingerprint density at radius 1 is 1.15 bits per heavy atom. The van der Waals surface area contributed by atoms with Gasteiger partial charge in [0.05, 0.1) is 21.7 Å². The number of hydrogen-bond donors (Lipinski definition) is 0. The van der Waals surface area contributed by atoms with Gasteiger partial charge >= 0.3 is 5.97 Å². The second-order valence-electron chi connectivity index (χ2n) is 4.80. The monoisotopic (exact) mass is 338 g/mol. The smallest absolute Gasteiger partial charge is 0.349 e. The lowest BCUT2D eigenvalue weighted by molar-refractivity contribution is -0.159. The van der Waals surface area contributed by atoms with Crippen molar-refractivity contribution in [3.05, 3.63) is 27.2 Å². The maximum absolute atomic E-state index is 12.0. The van der Waals surface area contributed by atoms with E-state index in [-0.39, 0.29) is 5.02 Å². The molecule has 0 amide bonds. The Labute approximate surface area is 134 Å². The molecule has 20 heavy (non-hydrogen) atoms. The van der Waals surface area contributed by atoms with Crippen molar-refractivity contribution in [1.82, 2.24) is 0 Å².